The van der Waals surface area contributed by atoms with Gasteiger partial charge in [0.1, 0.15) is 0 Å². The lowest BCUT2D eigenvalue weighted by Crippen LogP contribution is -2.45. The Bertz CT molecular complexity index is 358. The van der Waals surface area contributed by atoms with E-state index in [1.54, 1.807) is 0 Å². The molecule has 1 amide bonds. The third kappa shape index (κ3) is 2.49. The first-order chi connectivity index (χ1) is 9.70. The van der Waals surface area contributed by atoms with E-state index in [9.17, 15) is 4.79 Å². The van der Waals surface area contributed by atoms with E-state index in [2.05, 4.69) is 24.1 Å². The van der Waals surface area contributed by atoms with Crippen LogP contribution in [-0.4, -0.2) is 28.6 Å². The molecule has 3 fully saturated rings. The fourth-order valence-electron chi connectivity index (χ4n) is 4.30. The molecule has 1 heterocycles. The van der Waals surface area contributed by atoms with Crippen LogP contribution in [0.2, 0.25) is 0 Å². The molecule has 20 heavy (non-hydrogen) atoms. The fourth-order valence-corrected chi connectivity index (χ4v) is 4.30. The van der Waals surface area contributed by atoms with E-state index in [1.807, 2.05) is 0 Å². The molecule has 2 saturated carbocycles. The number of rotatable bonds is 6. The highest BCUT2D eigenvalue weighted by molar-refractivity contribution is 5.89. The summed E-state index contributed by atoms with van der Waals surface area (Å²) >= 11 is 0. The summed E-state index contributed by atoms with van der Waals surface area (Å²) in [6.07, 6.45) is 12.2. The van der Waals surface area contributed by atoms with Gasteiger partial charge in [-0.1, -0.05) is 46.0 Å². The standard InChI is InChI=1S/C17H30N2O/c1-3-7-15-18-17(10-5-6-11-17)16(20)19(15)14(4-2)12-13-8-9-13/h13-15,18H,3-12H2,1-2H3. The summed E-state index contributed by atoms with van der Waals surface area (Å²) in [6, 6.07) is 0.471. The number of nitrogens with one attached hydrogen (secondary N) is 1. The van der Waals surface area contributed by atoms with E-state index in [-0.39, 0.29) is 5.54 Å². The molecule has 1 aliphatic heterocycles. The minimum Gasteiger partial charge on any atom is -0.323 e. The van der Waals surface area contributed by atoms with Gasteiger partial charge in [0.05, 0.1) is 11.7 Å². The van der Waals surface area contributed by atoms with Gasteiger partial charge < -0.3 is 4.90 Å². The van der Waals surface area contributed by atoms with Crippen LogP contribution in [0.4, 0.5) is 0 Å². The van der Waals surface area contributed by atoms with Gasteiger partial charge in [0.25, 0.3) is 0 Å². The normalized spacial score (nSPS) is 30.4. The lowest BCUT2D eigenvalue weighted by molar-refractivity contribution is -0.135. The van der Waals surface area contributed by atoms with E-state index in [4.69, 9.17) is 0 Å². The van der Waals surface area contributed by atoms with Crippen molar-refractivity contribution < 1.29 is 4.79 Å². The average Bonchev–Trinajstić information content (AvgIpc) is 3.07. The third-order valence-electron chi connectivity index (χ3n) is 5.61. The van der Waals surface area contributed by atoms with Crippen molar-refractivity contribution in [3.05, 3.63) is 0 Å². The van der Waals surface area contributed by atoms with Crippen molar-refractivity contribution in [3.63, 3.8) is 0 Å². The summed E-state index contributed by atoms with van der Waals surface area (Å²) in [4.78, 5) is 15.4. The summed E-state index contributed by atoms with van der Waals surface area (Å²) in [6.45, 7) is 4.48. The second kappa shape index (κ2) is 5.67. The summed E-state index contributed by atoms with van der Waals surface area (Å²) in [5.74, 6) is 1.33. The van der Waals surface area contributed by atoms with Crippen molar-refractivity contribution in [1.82, 2.24) is 10.2 Å². The molecule has 3 aliphatic rings. The minimum absolute atomic E-state index is 0.184. The zero-order chi connectivity index (χ0) is 14.2. The maximum Gasteiger partial charge on any atom is 0.244 e. The Morgan fingerprint density at radius 1 is 1.30 bits per heavy atom. The van der Waals surface area contributed by atoms with E-state index in [0.29, 0.717) is 18.1 Å². The maximum atomic E-state index is 13.1. The molecule has 114 valence electrons. The van der Waals surface area contributed by atoms with Crippen LogP contribution in [0.15, 0.2) is 0 Å². The van der Waals surface area contributed by atoms with E-state index < -0.39 is 0 Å². The fraction of sp³-hybridized carbons (Fsp3) is 0.941. The number of hydrogen-bond donors (Lipinski definition) is 1. The van der Waals surface area contributed by atoms with Gasteiger partial charge in [-0.05, 0) is 38.0 Å². The first kappa shape index (κ1) is 14.4. The molecule has 2 atom stereocenters. The van der Waals surface area contributed by atoms with Gasteiger partial charge >= 0.3 is 0 Å². The van der Waals surface area contributed by atoms with Crippen LogP contribution in [0.1, 0.15) is 78.1 Å². The molecule has 3 heteroatoms. The summed E-state index contributed by atoms with van der Waals surface area (Å²) < 4.78 is 0. The Morgan fingerprint density at radius 3 is 2.55 bits per heavy atom. The van der Waals surface area contributed by atoms with Crippen LogP contribution in [0, 0.1) is 5.92 Å². The van der Waals surface area contributed by atoms with Crippen LogP contribution in [0.25, 0.3) is 0 Å². The maximum absolute atomic E-state index is 13.1. The topological polar surface area (TPSA) is 32.3 Å². The smallest absolute Gasteiger partial charge is 0.244 e. The Labute approximate surface area is 123 Å². The third-order valence-corrected chi connectivity index (χ3v) is 5.61. The first-order valence-corrected chi connectivity index (χ1v) is 8.80. The van der Waals surface area contributed by atoms with Crippen molar-refractivity contribution >= 4 is 5.91 Å². The summed E-state index contributed by atoms with van der Waals surface area (Å²) in [7, 11) is 0. The Morgan fingerprint density at radius 2 is 2.00 bits per heavy atom. The predicted octanol–water partition coefficient (Wildman–Crippen LogP) is 3.44. The Kier molecular flexibility index (Phi) is 4.07. The predicted molar refractivity (Wildman–Crippen MR) is 81.3 cm³/mol. The molecule has 0 aromatic carbocycles. The largest absolute Gasteiger partial charge is 0.323 e. The lowest BCUT2D eigenvalue weighted by Gasteiger charge is -2.32. The first-order valence-electron chi connectivity index (χ1n) is 8.80. The number of amides is 1. The van der Waals surface area contributed by atoms with Gasteiger partial charge in [-0.15, -0.1) is 0 Å². The zero-order valence-corrected chi connectivity index (χ0v) is 13.2. The van der Waals surface area contributed by atoms with Gasteiger partial charge in [-0.3, -0.25) is 10.1 Å². The summed E-state index contributed by atoms with van der Waals surface area (Å²) in [5.41, 5.74) is -0.184. The quantitative estimate of drug-likeness (QED) is 0.807. The monoisotopic (exact) mass is 278 g/mol. The highest BCUT2D eigenvalue weighted by Crippen LogP contribution is 2.41. The van der Waals surface area contributed by atoms with Crippen molar-refractivity contribution in [2.45, 2.75) is 95.8 Å². The molecular formula is C17H30N2O. The molecule has 0 radical (unpaired) electrons. The molecule has 3 nitrogen and oxygen atoms in total. The molecule has 1 N–H and O–H groups in total. The zero-order valence-electron chi connectivity index (χ0n) is 13.2. The van der Waals surface area contributed by atoms with Crippen LogP contribution < -0.4 is 5.32 Å². The molecule has 0 aromatic heterocycles. The molecular weight excluding hydrogens is 248 g/mol. The van der Waals surface area contributed by atoms with E-state index >= 15 is 0 Å². The van der Waals surface area contributed by atoms with Crippen LogP contribution in [0.3, 0.4) is 0 Å². The van der Waals surface area contributed by atoms with Crippen LogP contribution in [0.5, 0.6) is 0 Å². The molecule has 0 aromatic rings. The van der Waals surface area contributed by atoms with Crippen LogP contribution >= 0.6 is 0 Å². The SMILES string of the molecule is CCCC1NC2(CCCC2)C(=O)N1C(CC)CC1CC1. The van der Waals surface area contributed by atoms with Crippen LogP contribution in [-0.2, 0) is 4.79 Å². The number of nitrogens with zero attached hydrogens (tertiary/aromatic N) is 1. The van der Waals surface area contributed by atoms with Crippen molar-refractivity contribution in [1.29, 1.82) is 0 Å². The Hall–Kier alpha value is -0.570. The van der Waals surface area contributed by atoms with E-state index in [1.165, 1.54) is 32.1 Å². The van der Waals surface area contributed by atoms with Crippen molar-refractivity contribution in [3.8, 4) is 0 Å². The van der Waals surface area contributed by atoms with Gasteiger partial charge in [0, 0.05) is 6.04 Å². The van der Waals surface area contributed by atoms with Crippen molar-refractivity contribution in [2.24, 2.45) is 5.92 Å². The molecule has 2 aliphatic carbocycles. The molecule has 1 spiro atoms. The number of hydrogen-bond acceptors (Lipinski definition) is 2. The molecule has 3 rings (SSSR count). The molecule has 0 bridgehead atoms. The molecule has 2 unspecified atom stereocenters. The minimum atomic E-state index is -0.184. The van der Waals surface area contributed by atoms with Gasteiger partial charge in [0.2, 0.25) is 5.91 Å². The van der Waals surface area contributed by atoms with Gasteiger partial charge in [-0.2, -0.15) is 0 Å². The lowest BCUT2D eigenvalue weighted by atomic mass is 9.96. The second-order valence-electron chi connectivity index (χ2n) is 7.19. The Balaban J connectivity index is 1.78. The average molecular weight is 278 g/mol. The molecule has 1 saturated heterocycles. The van der Waals surface area contributed by atoms with Crippen molar-refractivity contribution in [2.75, 3.05) is 0 Å². The van der Waals surface area contributed by atoms with Gasteiger partial charge in [0.15, 0.2) is 0 Å². The highest BCUT2D eigenvalue weighted by atomic mass is 16.2. The second-order valence-corrected chi connectivity index (χ2v) is 7.19. The summed E-state index contributed by atoms with van der Waals surface area (Å²) in [5, 5.41) is 3.75. The number of carbonyl (C=O) groups is 1. The highest BCUT2D eigenvalue weighted by Gasteiger charge is 2.53. The van der Waals surface area contributed by atoms with E-state index in [0.717, 1.165) is 38.0 Å². The van der Waals surface area contributed by atoms with Gasteiger partial charge in [-0.25, -0.2) is 0 Å². The number of carbonyl (C=O) groups excluding carboxylic acids is 1.